The predicted octanol–water partition coefficient (Wildman–Crippen LogP) is 2.30. The van der Waals surface area contributed by atoms with Crippen molar-refractivity contribution in [3.8, 4) is 0 Å². The predicted molar refractivity (Wildman–Crippen MR) is 74.0 cm³/mol. The lowest BCUT2D eigenvalue weighted by molar-refractivity contribution is 0.0498. The van der Waals surface area contributed by atoms with Gasteiger partial charge in [0.2, 0.25) is 5.13 Å². The number of carbonyl (C=O) groups excluding carboxylic acids is 1. The number of esters is 1. The average Bonchev–Trinajstić information content (AvgIpc) is 2.85. The first-order valence-corrected chi connectivity index (χ1v) is 6.87. The summed E-state index contributed by atoms with van der Waals surface area (Å²) in [6, 6.07) is 8.98. The van der Waals surface area contributed by atoms with E-state index in [2.05, 4.69) is 10.2 Å². The molecule has 0 amide bonds. The molecule has 1 heterocycles. The summed E-state index contributed by atoms with van der Waals surface area (Å²) < 4.78 is 5.17. The molecule has 0 saturated carbocycles. The Kier molecular flexibility index (Phi) is 4.85. The molecule has 100 valence electrons. The van der Waals surface area contributed by atoms with Gasteiger partial charge in [-0.05, 0) is 25.0 Å². The highest BCUT2D eigenvalue weighted by Crippen LogP contribution is 2.13. The van der Waals surface area contributed by atoms with Gasteiger partial charge in [-0.15, -0.1) is 10.2 Å². The SMILES string of the molecule is Nc1nnc(CCCCOC(=O)c2ccccc2)s1. The van der Waals surface area contributed by atoms with Crippen LogP contribution in [-0.4, -0.2) is 22.8 Å². The van der Waals surface area contributed by atoms with E-state index in [-0.39, 0.29) is 5.97 Å². The smallest absolute Gasteiger partial charge is 0.338 e. The number of nitrogens with two attached hydrogens (primary N) is 1. The maximum Gasteiger partial charge on any atom is 0.338 e. The number of unbranched alkanes of at least 4 members (excludes halogenated alkanes) is 1. The van der Waals surface area contributed by atoms with Crippen LogP contribution in [0.2, 0.25) is 0 Å². The number of nitrogen functional groups attached to an aromatic ring is 1. The third kappa shape index (κ3) is 4.33. The second kappa shape index (κ2) is 6.84. The minimum Gasteiger partial charge on any atom is -0.462 e. The van der Waals surface area contributed by atoms with Crippen LogP contribution in [0.3, 0.4) is 0 Å². The van der Waals surface area contributed by atoms with Crippen LogP contribution in [0.1, 0.15) is 28.2 Å². The van der Waals surface area contributed by atoms with Gasteiger partial charge in [-0.25, -0.2) is 4.79 Å². The minimum atomic E-state index is -0.277. The number of ether oxygens (including phenoxy) is 1. The number of benzene rings is 1. The van der Waals surface area contributed by atoms with Crippen LogP contribution in [0.4, 0.5) is 5.13 Å². The normalized spacial score (nSPS) is 10.3. The van der Waals surface area contributed by atoms with Gasteiger partial charge in [-0.3, -0.25) is 0 Å². The van der Waals surface area contributed by atoms with Crippen molar-refractivity contribution in [2.75, 3.05) is 12.3 Å². The van der Waals surface area contributed by atoms with E-state index in [1.165, 1.54) is 11.3 Å². The van der Waals surface area contributed by atoms with Gasteiger partial charge in [0.05, 0.1) is 12.2 Å². The van der Waals surface area contributed by atoms with Gasteiger partial charge in [0.15, 0.2) is 0 Å². The summed E-state index contributed by atoms with van der Waals surface area (Å²) in [4.78, 5) is 11.6. The van der Waals surface area contributed by atoms with Gasteiger partial charge in [0.1, 0.15) is 5.01 Å². The van der Waals surface area contributed by atoms with Gasteiger partial charge in [0.25, 0.3) is 0 Å². The summed E-state index contributed by atoms with van der Waals surface area (Å²) in [5.74, 6) is -0.277. The Morgan fingerprint density at radius 2 is 2.00 bits per heavy atom. The summed E-state index contributed by atoms with van der Waals surface area (Å²) in [6.45, 7) is 0.419. The molecule has 19 heavy (non-hydrogen) atoms. The molecule has 2 N–H and O–H groups in total. The monoisotopic (exact) mass is 277 g/mol. The summed E-state index contributed by atoms with van der Waals surface area (Å²) in [5.41, 5.74) is 6.07. The van der Waals surface area contributed by atoms with Gasteiger partial charge >= 0.3 is 5.97 Å². The molecule has 0 unspecified atom stereocenters. The Labute approximate surface area is 115 Å². The lowest BCUT2D eigenvalue weighted by Gasteiger charge is -2.03. The molecule has 0 spiro atoms. The standard InChI is InChI=1S/C13H15N3O2S/c14-13-16-15-11(19-13)8-4-5-9-18-12(17)10-6-2-1-3-7-10/h1-3,6-7H,4-5,8-9H2,(H2,14,16). The molecule has 2 rings (SSSR count). The molecule has 2 aromatic rings. The lowest BCUT2D eigenvalue weighted by atomic mass is 10.2. The minimum absolute atomic E-state index is 0.277. The maximum atomic E-state index is 11.6. The Balaban J connectivity index is 1.63. The highest BCUT2D eigenvalue weighted by atomic mass is 32.1. The highest BCUT2D eigenvalue weighted by Gasteiger charge is 2.05. The molecule has 0 fully saturated rings. The number of hydrogen-bond acceptors (Lipinski definition) is 6. The second-order valence-electron chi connectivity index (χ2n) is 3.99. The summed E-state index contributed by atoms with van der Waals surface area (Å²) in [5, 5.41) is 9.09. The molecular formula is C13H15N3O2S. The average molecular weight is 277 g/mol. The van der Waals surface area contributed by atoms with Crippen molar-refractivity contribution < 1.29 is 9.53 Å². The lowest BCUT2D eigenvalue weighted by Crippen LogP contribution is -2.06. The van der Waals surface area contributed by atoms with Crippen LogP contribution in [0.15, 0.2) is 30.3 Å². The first-order chi connectivity index (χ1) is 9.25. The third-order valence-corrected chi connectivity index (χ3v) is 3.32. The first-order valence-electron chi connectivity index (χ1n) is 6.06. The molecule has 0 saturated heterocycles. The van der Waals surface area contributed by atoms with Crippen LogP contribution in [0.5, 0.6) is 0 Å². The van der Waals surface area contributed by atoms with Crippen molar-refractivity contribution in [3.63, 3.8) is 0 Å². The van der Waals surface area contributed by atoms with E-state index in [0.29, 0.717) is 17.3 Å². The van der Waals surface area contributed by atoms with Crippen LogP contribution in [0, 0.1) is 0 Å². The largest absolute Gasteiger partial charge is 0.462 e. The molecule has 1 aromatic heterocycles. The van der Waals surface area contributed by atoms with Gasteiger partial charge < -0.3 is 10.5 Å². The van der Waals surface area contributed by atoms with Crippen molar-refractivity contribution in [1.82, 2.24) is 10.2 Å². The van der Waals surface area contributed by atoms with Crippen LogP contribution < -0.4 is 5.73 Å². The summed E-state index contributed by atoms with van der Waals surface area (Å²) in [6.07, 6.45) is 2.52. The molecule has 6 heteroatoms. The zero-order chi connectivity index (χ0) is 13.5. The topological polar surface area (TPSA) is 78.1 Å². The number of rotatable bonds is 6. The molecule has 0 radical (unpaired) electrons. The third-order valence-electron chi connectivity index (χ3n) is 2.51. The molecule has 0 aliphatic heterocycles. The van der Waals surface area contributed by atoms with E-state index in [1.54, 1.807) is 12.1 Å². The first kappa shape index (κ1) is 13.5. The highest BCUT2D eigenvalue weighted by molar-refractivity contribution is 7.15. The molecule has 5 nitrogen and oxygen atoms in total. The maximum absolute atomic E-state index is 11.6. The summed E-state index contributed by atoms with van der Waals surface area (Å²) >= 11 is 1.40. The zero-order valence-electron chi connectivity index (χ0n) is 10.4. The Hall–Kier alpha value is -1.95. The number of aromatic nitrogens is 2. The number of hydrogen-bond donors (Lipinski definition) is 1. The van der Waals surface area contributed by atoms with Crippen molar-refractivity contribution in [2.45, 2.75) is 19.3 Å². The quantitative estimate of drug-likeness (QED) is 0.647. The van der Waals surface area contributed by atoms with E-state index < -0.39 is 0 Å². The fourth-order valence-electron chi connectivity index (χ4n) is 1.57. The molecule has 0 atom stereocenters. The van der Waals surface area contributed by atoms with Crippen molar-refractivity contribution in [2.24, 2.45) is 0 Å². The van der Waals surface area contributed by atoms with Gasteiger partial charge in [-0.1, -0.05) is 29.5 Å². The van der Waals surface area contributed by atoms with Gasteiger partial charge in [0, 0.05) is 6.42 Å². The number of carbonyl (C=O) groups is 1. The second-order valence-corrected chi connectivity index (χ2v) is 5.09. The Morgan fingerprint density at radius 3 is 2.68 bits per heavy atom. The Bertz CT molecular complexity index is 528. The van der Waals surface area contributed by atoms with Crippen LogP contribution in [-0.2, 0) is 11.2 Å². The van der Waals surface area contributed by atoms with E-state index in [0.717, 1.165) is 24.3 Å². The molecule has 0 aliphatic carbocycles. The van der Waals surface area contributed by atoms with E-state index in [9.17, 15) is 4.79 Å². The fraction of sp³-hybridized carbons (Fsp3) is 0.308. The van der Waals surface area contributed by atoms with E-state index in [4.69, 9.17) is 10.5 Å². The molecular weight excluding hydrogens is 262 g/mol. The summed E-state index contributed by atoms with van der Waals surface area (Å²) in [7, 11) is 0. The number of anilines is 1. The molecule has 1 aromatic carbocycles. The van der Waals surface area contributed by atoms with E-state index in [1.807, 2.05) is 18.2 Å². The fourth-order valence-corrected chi connectivity index (χ4v) is 2.22. The zero-order valence-corrected chi connectivity index (χ0v) is 11.2. The number of aryl methyl sites for hydroxylation is 1. The van der Waals surface area contributed by atoms with Crippen molar-refractivity contribution in [3.05, 3.63) is 40.9 Å². The van der Waals surface area contributed by atoms with Crippen molar-refractivity contribution >= 4 is 22.4 Å². The molecule has 0 bridgehead atoms. The van der Waals surface area contributed by atoms with Crippen LogP contribution in [0.25, 0.3) is 0 Å². The molecule has 0 aliphatic rings. The number of nitrogens with zero attached hydrogens (tertiary/aromatic N) is 2. The van der Waals surface area contributed by atoms with Crippen molar-refractivity contribution in [1.29, 1.82) is 0 Å². The van der Waals surface area contributed by atoms with Crippen LogP contribution >= 0.6 is 11.3 Å². The van der Waals surface area contributed by atoms with E-state index >= 15 is 0 Å². The Morgan fingerprint density at radius 1 is 1.21 bits per heavy atom. The van der Waals surface area contributed by atoms with Gasteiger partial charge in [-0.2, -0.15) is 0 Å².